The Bertz CT molecular complexity index is 633. The molecule has 2 rings (SSSR count). The number of amides is 3. The standard InChI is InChI=1S/C18H25N3O4/c1-3-15-18(24)21(14-7-4-5-8-16(14)25-15)12-9-17(23)20-11-6-10-19-13(2)22/h4-5,7-8,15H,3,6,9-12H2,1-2H3,(H,19,22)(H,20,23). The summed E-state index contributed by atoms with van der Waals surface area (Å²) < 4.78 is 5.72. The van der Waals surface area contributed by atoms with Gasteiger partial charge in [0.05, 0.1) is 5.69 Å². The van der Waals surface area contributed by atoms with Gasteiger partial charge in [0.25, 0.3) is 5.91 Å². The molecule has 1 unspecified atom stereocenters. The van der Waals surface area contributed by atoms with E-state index in [-0.39, 0.29) is 24.1 Å². The van der Waals surface area contributed by atoms with Gasteiger partial charge in [0.1, 0.15) is 5.75 Å². The van der Waals surface area contributed by atoms with Gasteiger partial charge in [-0.3, -0.25) is 14.4 Å². The van der Waals surface area contributed by atoms with Gasteiger partial charge in [-0.15, -0.1) is 0 Å². The smallest absolute Gasteiger partial charge is 0.268 e. The van der Waals surface area contributed by atoms with E-state index in [2.05, 4.69) is 10.6 Å². The van der Waals surface area contributed by atoms with Crippen LogP contribution in [-0.2, 0) is 14.4 Å². The van der Waals surface area contributed by atoms with Crippen molar-refractivity contribution < 1.29 is 19.1 Å². The largest absolute Gasteiger partial charge is 0.478 e. The lowest BCUT2D eigenvalue weighted by Crippen LogP contribution is -2.46. The molecule has 2 N–H and O–H groups in total. The van der Waals surface area contributed by atoms with Crippen LogP contribution < -0.4 is 20.3 Å². The Labute approximate surface area is 147 Å². The fraction of sp³-hybridized carbons (Fsp3) is 0.500. The summed E-state index contributed by atoms with van der Waals surface area (Å²) in [6.45, 7) is 4.69. The average molecular weight is 347 g/mol. The molecule has 0 saturated carbocycles. The topological polar surface area (TPSA) is 87.7 Å². The van der Waals surface area contributed by atoms with Crippen molar-refractivity contribution in [3.8, 4) is 5.75 Å². The van der Waals surface area contributed by atoms with Gasteiger partial charge in [0, 0.05) is 33.0 Å². The van der Waals surface area contributed by atoms with E-state index in [1.54, 1.807) is 4.90 Å². The minimum Gasteiger partial charge on any atom is -0.478 e. The van der Waals surface area contributed by atoms with Crippen molar-refractivity contribution in [2.45, 2.75) is 39.2 Å². The summed E-state index contributed by atoms with van der Waals surface area (Å²) in [6, 6.07) is 7.36. The molecule has 0 radical (unpaired) electrons. The van der Waals surface area contributed by atoms with E-state index < -0.39 is 6.10 Å². The molecule has 7 nitrogen and oxygen atoms in total. The molecule has 0 aromatic heterocycles. The van der Waals surface area contributed by atoms with Crippen molar-refractivity contribution in [3.63, 3.8) is 0 Å². The monoisotopic (exact) mass is 347 g/mol. The fourth-order valence-corrected chi connectivity index (χ4v) is 2.65. The molecule has 0 fully saturated rings. The molecule has 1 atom stereocenters. The molecule has 0 aliphatic carbocycles. The Kier molecular flexibility index (Phi) is 6.80. The molecule has 3 amide bonds. The van der Waals surface area contributed by atoms with Gasteiger partial charge in [0.15, 0.2) is 6.10 Å². The predicted octanol–water partition coefficient (Wildman–Crippen LogP) is 1.22. The van der Waals surface area contributed by atoms with Crippen LogP contribution in [0.4, 0.5) is 5.69 Å². The average Bonchev–Trinajstić information content (AvgIpc) is 2.60. The van der Waals surface area contributed by atoms with E-state index in [9.17, 15) is 14.4 Å². The third-order valence-corrected chi connectivity index (χ3v) is 3.95. The van der Waals surface area contributed by atoms with Gasteiger partial charge in [0.2, 0.25) is 11.8 Å². The van der Waals surface area contributed by atoms with Crippen LogP contribution in [0.5, 0.6) is 5.75 Å². The highest BCUT2D eigenvalue weighted by Crippen LogP contribution is 2.34. The third-order valence-electron chi connectivity index (χ3n) is 3.95. The highest BCUT2D eigenvalue weighted by molar-refractivity contribution is 6.00. The SMILES string of the molecule is CCC1Oc2ccccc2N(CCC(=O)NCCCNC(C)=O)C1=O. The molecule has 1 aromatic carbocycles. The number of fused-ring (bicyclic) bond motifs is 1. The number of para-hydroxylation sites is 2. The second kappa shape index (κ2) is 9.05. The van der Waals surface area contributed by atoms with Gasteiger partial charge in [-0.25, -0.2) is 0 Å². The first-order valence-electron chi connectivity index (χ1n) is 8.61. The number of carbonyl (C=O) groups is 3. The van der Waals surface area contributed by atoms with Gasteiger partial charge >= 0.3 is 0 Å². The number of carbonyl (C=O) groups excluding carboxylic acids is 3. The number of anilines is 1. The van der Waals surface area contributed by atoms with Gasteiger partial charge in [-0.2, -0.15) is 0 Å². The molecule has 0 spiro atoms. The van der Waals surface area contributed by atoms with Crippen LogP contribution >= 0.6 is 0 Å². The quantitative estimate of drug-likeness (QED) is 0.692. The van der Waals surface area contributed by atoms with E-state index in [1.807, 2.05) is 31.2 Å². The summed E-state index contributed by atoms with van der Waals surface area (Å²) in [4.78, 5) is 36.9. The summed E-state index contributed by atoms with van der Waals surface area (Å²) in [7, 11) is 0. The number of rotatable bonds is 8. The lowest BCUT2D eigenvalue weighted by atomic mass is 10.1. The first kappa shape index (κ1) is 18.8. The van der Waals surface area contributed by atoms with E-state index in [4.69, 9.17) is 4.74 Å². The Hall–Kier alpha value is -2.57. The summed E-state index contributed by atoms with van der Waals surface area (Å²) in [5.74, 6) is 0.360. The molecule has 1 aliphatic rings. The van der Waals surface area contributed by atoms with Crippen molar-refractivity contribution in [2.75, 3.05) is 24.5 Å². The number of benzene rings is 1. The van der Waals surface area contributed by atoms with Gasteiger partial charge in [-0.05, 0) is 25.0 Å². The van der Waals surface area contributed by atoms with Crippen LogP contribution in [0.1, 0.15) is 33.1 Å². The molecule has 0 bridgehead atoms. The molecule has 1 heterocycles. The number of ether oxygens (including phenoxy) is 1. The lowest BCUT2D eigenvalue weighted by Gasteiger charge is -2.33. The number of hydrogen-bond donors (Lipinski definition) is 2. The maximum absolute atomic E-state index is 12.5. The molecule has 0 saturated heterocycles. The van der Waals surface area contributed by atoms with Crippen LogP contribution in [0, 0.1) is 0 Å². The van der Waals surface area contributed by atoms with E-state index in [0.717, 1.165) is 0 Å². The normalized spacial score (nSPS) is 16.0. The first-order valence-corrected chi connectivity index (χ1v) is 8.61. The highest BCUT2D eigenvalue weighted by Gasteiger charge is 2.32. The molecular formula is C18H25N3O4. The Morgan fingerprint density at radius 1 is 1.20 bits per heavy atom. The molecule has 136 valence electrons. The maximum Gasteiger partial charge on any atom is 0.268 e. The Morgan fingerprint density at radius 2 is 1.92 bits per heavy atom. The minimum absolute atomic E-state index is 0.0821. The summed E-state index contributed by atoms with van der Waals surface area (Å²) in [6.07, 6.45) is 0.966. The van der Waals surface area contributed by atoms with Crippen molar-refractivity contribution >= 4 is 23.4 Å². The molecule has 1 aliphatic heterocycles. The van der Waals surface area contributed by atoms with Crippen LogP contribution in [-0.4, -0.2) is 43.5 Å². The Morgan fingerprint density at radius 3 is 2.64 bits per heavy atom. The highest BCUT2D eigenvalue weighted by atomic mass is 16.5. The molecule has 25 heavy (non-hydrogen) atoms. The maximum atomic E-state index is 12.5. The van der Waals surface area contributed by atoms with E-state index in [0.29, 0.717) is 43.9 Å². The fourth-order valence-electron chi connectivity index (χ4n) is 2.65. The van der Waals surface area contributed by atoms with Gasteiger partial charge in [-0.1, -0.05) is 19.1 Å². The minimum atomic E-state index is -0.504. The van der Waals surface area contributed by atoms with Crippen LogP contribution in [0.25, 0.3) is 0 Å². The van der Waals surface area contributed by atoms with Crippen LogP contribution in [0.15, 0.2) is 24.3 Å². The second-order valence-corrected chi connectivity index (χ2v) is 5.91. The summed E-state index contributed by atoms with van der Waals surface area (Å²) in [5.41, 5.74) is 0.704. The number of nitrogens with one attached hydrogen (secondary N) is 2. The molecule has 1 aromatic rings. The zero-order chi connectivity index (χ0) is 18.2. The van der Waals surface area contributed by atoms with E-state index >= 15 is 0 Å². The van der Waals surface area contributed by atoms with Crippen molar-refractivity contribution in [1.29, 1.82) is 0 Å². The zero-order valence-corrected chi connectivity index (χ0v) is 14.7. The van der Waals surface area contributed by atoms with Crippen LogP contribution in [0.3, 0.4) is 0 Å². The molecule has 7 heteroatoms. The number of nitrogens with zero attached hydrogens (tertiary/aromatic N) is 1. The summed E-state index contributed by atoms with van der Waals surface area (Å²) in [5, 5.41) is 5.47. The van der Waals surface area contributed by atoms with E-state index in [1.165, 1.54) is 6.92 Å². The number of hydrogen-bond acceptors (Lipinski definition) is 4. The summed E-state index contributed by atoms with van der Waals surface area (Å²) >= 11 is 0. The third kappa shape index (κ3) is 5.20. The van der Waals surface area contributed by atoms with Crippen molar-refractivity contribution in [2.24, 2.45) is 0 Å². The van der Waals surface area contributed by atoms with Crippen molar-refractivity contribution in [3.05, 3.63) is 24.3 Å². The molecular weight excluding hydrogens is 322 g/mol. The first-order chi connectivity index (χ1) is 12.0. The lowest BCUT2D eigenvalue weighted by molar-refractivity contribution is -0.126. The van der Waals surface area contributed by atoms with Crippen molar-refractivity contribution in [1.82, 2.24) is 10.6 Å². The Balaban J connectivity index is 1.85. The van der Waals surface area contributed by atoms with Gasteiger partial charge < -0.3 is 20.3 Å². The predicted molar refractivity (Wildman–Crippen MR) is 94.4 cm³/mol. The zero-order valence-electron chi connectivity index (χ0n) is 14.7. The second-order valence-electron chi connectivity index (χ2n) is 5.91. The van der Waals surface area contributed by atoms with Crippen LogP contribution in [0.2, 0.25) is 0 Å².